The van der Waals surface area contributed by atoms with Crippen molar-refractivity contribution in [3.8, 4) is 0 Å². The van der Waals surface area contributed by atoms with Crippen LogP contribution in [-0.2, 0) is 13.5 Å². The first kappa shape index (κ1) is 12.9. The van der Waals surface area contributed by atoms with Crippen LogP contribution >= 0.6 is 23.6 Å². The maximum atomic E-state index is 5.21. The summed E-state index contributed by atoms with van der Waals surface area (Å²) < 4.78 is 1.75. The Hall–Kier alpha value is -1.53. The second-order valence-electron chi connectivity index (χ2n) is 3.66. The summed E-state index contributed by atoms with van der Waals surface area (Å²) in [6.45, 7) is 2.07. The largest absolute Gasteiger partial charge is 0.331 e. The number of nitrogens with zero attached hydrogens (tertiary/aromatic N) is 3. The van der Waals surface area contributed by atoms with Crippen LogP contribution in [0.15, 0.2) is 35.3 Å². The zero-order valence-corrected chi connectivity index (χ0v) is 11.9. The molecule has 1 aromatic heterocycles. The Kier molecular flexibility index (Phi) is 4.22. The summed E-state index contributed by atoms with van der Waals surface area (Å²) in [5.74, 6) is 0. The third-order valence-corrected chi connectivity index (χ3v) is 3.61. The van der Waals surface area contributed by atoms with Gasteiger partial charge in [0.1, 0.15) is 5.01 Å². The van der Waals surface area contributed by atoms with E-state index in [0.29, 0.717) is 5.11 Å². The minimum absolute atomic E-state index is 0.447. The number of para-hydroxylation sites is 1. The van der Waals surface area contributed by atoms with Crippen molar-refractivity contribution in [1.29, 1.82) is 0 Å². The van der Waals surface area contributed by atoms with E-state index in [4.69, 9.17) is 12.2 Å². The van der Waals surface area contributed by atoms with Crippen LogP contribution in [0.3, 0.4) is 0 Å². The first-order valence-electron chi connectivity index (χ1n) is 5.63. The summed E-state index contributed by atoms with van der Waals surface area (Å²) in [5.41, 5.74) is 0.939. The fourth-order valence-electron chi connectivity index (χ4n) is 1.40. The Morgan fingerprint density at radius 1 is 1.44 bits per heavy atom. The first-order valence-corrected chi connectivity index (χ1v) is 6.85. The van der Waals surface area contributed by atoms with Gasteiger partial charge in [-0.2, -0.15) is 10.1 Å². The molecule has 18 heavy (non-hydrogen) atoms. The highest BCUT2D eigenvalue weighted by Crippen LogP contribution is 2.05. The Bertz CT molecular complexity index is 598. The summed E-state index contributed by atoms with van der Waals surface area (Å²) in [6, 6.07) is 9.76. The summed E-state index contributed by atoms with van der Waals surface area (Å²) in [7, 11) is 1.87. The number of hydrogen-bond donors (Lipinski definition) is 1. The predicted molar refractivity (Wildman–Crippen MR) is 78.7 cm³/mol. The van der Waals surface area contributed by atoms with Crippen molar-refractivity contribution in [2.45, 2.75) is 13.3 Å². The molecule has 0 saturated carbocycles. The number of benzene rings is 1. The Morgan fingerprint density at radius 2 is 2.17 bits per heavy atom. The average molecular weight is 278 g/mol. The summed E-state index contributed by atoms with van der Waals surface area (Å²) >= 11 is 6.77. The van der Waals surface area contributed by atoms with Crippen LogP contribution in [0.25, 0.3) is 0 Å². The smallest absolute Gasteiger partial charge is 0.210 e. The Labute approximate surface area is 115 Å². The van der Waals surface area contributed by atoms with Crippen molar-refractivity contribution in [1.82, 2.24) is 9.78 Å². The standard InChI is InChI=1S/C12H14N4S2/c1-3-10-15-16(2)12(18-10)14-11(17)13-9-7-5-4-6-8-9/h4-8H,3H2,1-2H3,(H,13,17). The Balaban J connectivity index is 2.17. The van der Waals surface area contributed by atoms with Crippen LogP contribution in [0.4, 0.5) is 5.69 Å². The molecule has 0 spiro atoms. The Morgan fingerprint density at radius 3 is 2.78 bits per heavy atom. The minimum atomic E-state index is 0.447. The monoisotopic (exact) mass is 278 g/mol. The van der Waals surface area contributed by atoms with Crippen molar-refractivity contribution in [2.24, 2.45) is 12.0 Å². The summed E-state index contributed by atoms with van der Waals surface area (Å²) in [5, 5.41) is 8.92. The molecule has 0 atom stereocenters. The first-order chi connectivity index (χ1) is 8.69. The van der Waals surface area contributed by atoms with Gasteiger partial charge in [0.05, 0.1) is 0 Å². The average Bonchev–Trinajstić information content (AvgIpc) is 2.71. The molecule has 1 N–H and O–H groups in total. The molecule has 4 nitrogen and oxygen atoms in total. The second-order valence-corrected chi connectivity index (χ2v) is 5.09. The van der Waals surface area contributed by atoms with Crippen LogP contribution < -0.4 is 10.1 Å². The molecule has 0 radical (unpaired) electrons. The lowest BCUT2D eigenvalue weighted by atomic mass is 10.3. The van der Waals surface area contributed by atoms with Gasteiger partial charge < -0.3 is 5.32 Å². The number of anilines is 1. The van der Waals surface area contributed by atoms with Crippen molar-refractivity contribution in [3.05, 3.63) is 40.1 Å². The predicted octanol–water partition coefficient (Wildman–Crippen LogP) is 2.34. The zero-order valence-electron chi connectivity index (χ0n) is 10.3. The van der Waals surface area contributed by atoms with Gasteiger partial charge in [0, 0.05) is 12.7 Å². The molecule has 2 aromatic rings. The third-order valence-electron chi connectivity index (χ3n) is 2.27. The highest BCUT2D eigenvalue weighted by atomic mass is 32.1. The van der Waals surface area contributed by atoms with Gasteiger partial charge in [-0.05, 0) is 30.8 Å². The van der Waals surface area contributed by atoms with Crippen molar-refractivity contribution in [3.63, 3.8) is 0 Å². The number of hydrogen-bond acceptors (Lipinski definition) is 3. The molecule has 1 aromatic carbocycles. The molecule has 0 unspecified atom stereocenters. The fourth-order valence-corrected chi connectivity index (χ4v) is 2.49. The lowest BCUT2D eigenvalue weighted by molar-refractivity contribution is 0.713. The molecule has 0 aliphatic heterocycles. The van der Waals surface area contributed by atoms with E-state index in [2.05, 4.69) is 22.3 Å². The molecule has 94 valence electrons. The molecule has 0 bridgehead atoms. The van der Waals surface area contributed by atoms with E-state index in [-0.39, 0.29) is 0 Å². The molecule has 2 rings (SSSR count). The summed E-state index contributed by atoms with van der Waals surface area (Å²) in [4.78, 5) is 5.17. The quantitative estimate of drug-likeness (QED) is 0.857. The third kappa shape index (κ3) is 3.24. The molecular formula is C12H14N4S2. The number of thiocarbonyl (C=S) groups is 1. The number of rotatable bonds is 2. The highest BCUT2D eigenvalue weighted by Gasteiger charge is 2.00. The van der Waals surface area contributed by atoms with Gasteiger partial charge in [-0.25, -0.2) is 4.68 Å². The van der Waals surface area contributed by atoms with Crippen LogP contribution in [-0.4, -0.2) is 14.9 Å². The van der Waals surface area contributed by atoms with Crippen LogP contribution in [0, 0.1) is 0 Å². The second kappa shape index (κ2) is 5.88. The van der Waals surface area contributed by atoms with Crippen LogP contribution in [0.5, 0.6) is 0 Å². The van der Waals surface area contributed by atoms with Crippen molar-refractivity contribution in [2.75, 3.05) is 5.32 Å². The fraction of sp³-hybridized carbons (Fsp3) is 0.250. The van der Waals surface area contributed by atoms with Crippen molar-refractivity contribution >= 4 is 34.4 Å². The van der Waals surface area contributed by atoms with E-state index in [0.717, 1.165) is 21.9 Å². The number of nitrogens with one attached hydrogen (secondary N) is 1. The molecule has 1 heterocycles. The summed E-state index contributed by atoms with van der Waals surface area (Å²) in [6.07, 6.45) is 0.910. The van der Waals surface area contributed by atoms with Gasteiger partial charge in [-0.1, -0.05) is 36.5 Å². The van der Waals surface area contributed by atoms with Gasteiger partial charge in [0.25, 0.3) is 0 Å². The normalized spacial score (nSPS) is 11.6. The van der Waals surface area contributed by atoms with E-state index in [9.17, 15) is 0 Å². The number of aromatic nitrogens is 2. The lowest BCUT2D eigenvalue weighted by Crippen LogP contribution is -2.17. The van der Waals surface area contributed by atoms with Gasteiger partial charge in [0.2, 0.25) is 4.80 Å². The maximum absolute atomic E-state index is 5.21. The van der Waals surface area contributed by atoms with Crippen LogP contribution in [0.2, 0.25) is 0 Å². The molecule has 6 heteroatoms. The highest BCUT2D eigenvalue weighted by molar-refractivity contribution is 7.80. The molecule has 0 fully saturated rings. The van der Waals surface area contributed by atoms with Gasteiger partial charge >= 0.3 is 0 Å². The van der Waals surface area contributed by atoms with Crippen molar-refractivity contribution < 1.29 is 0 Å². The molecular weight excluding hydrogens is 264 g/mol. The molecule has 0 aliphatic carbocycles. The minimum Gasteiger partial charge on any atom is -0.331 e. The van der Waals surface area contributed by atoms with E-state index in [1.165, 1.54) is 0 Å². The topological polar surface area (TPSA) is 42.2 Å². The van der Waals surface area contributed by atoms with Crippen LogP contribution in [0.1, 0.15) is 11.9 Å². The lowest BCUT2D eigenvalue weighted by Gasteiger charge is -2.01. The van der Waals surface area contributed by atoms with Gasteiger partial charge in [-0.15, -0.1) is 0 Å². The van der Waals surface area contributed by atoms with E-state index >= 15 is 0 Å². The molecule has 0 aliphatic rings. The van der Waals surface area contributed by atoms with E-state index in [1.807, 2.05) is 37.4 Å². The SMILES string of the molecule is CCc1nn(C)c(=NC(=S)Nc2ccccc2)s1. The van der Waals surface area contributed by atoms with Gasteiger partial charge in [-0.3, -0.25) is 0 Å². The zero-order chi connectivity index (χ0) is 13.0. The molecule has 0 saturated heterocycles. The maximum Gasteiger partial charge on any atom is 0.210 e. The molecule has 0 amide bonds. The van der Waals surface area contributed by atoms with E-state index < -0.39 is 0 Å². The van der Waals surface area contributed by atoms with E-state index in [1.54, 1.807) is 16.0 Å². The number of aryl methyl sites for hydroxylation is 2. The van der Waals surface area contributed by atoms with Gasteiger partial charge in [0.15, 0.2) is 5.11 Å².